The number of rotatable bonds is 7. The van der Waals surface area contributed by atoms with Crippen LogP contribution in [0.1, 0.15) is 28.4 Å². The molecule has 29 heavy (non-hydrogen) atoms. The summed E-state index contributed by atoms with van der Waals surface area (Å²) < 4.78 is 17.2. The molecule has 1 aliphatic rings. The molecule has 1 heterocycles. The Labute approximate surface area is 170 Å². The third-order valence-electron chi connectivity index (χ3n) is 4.75. The summed E-state index contributed by atoms with van der Waals surface area (Å²) >= 11 is 0. The number of benzene rings is 3. The average molecular weight is 389 g/mol. The lowest BCUT2D eigenvalue weighted by Gasteiger charge is -2.26. The van der Waals surface area contributed by atoms with E-state index >= 15 is 0 Å². The number of carbonyl (C=O) groups is 1. The molecule has 3 aromatic carbocycles. The molecule has 0 bridgehead atoms. The van der Waals surface area contributed by atoms with E-state index in [1.807, 2.05) is 66.7 Å². The van der Waals surface area contributed by atoms with Crippen LogP contribution in [0.3, 0.4) is 0 Å². The second-order valence-corrected chi connectivity index (χ2v) is 6.71. The summed E-state index contributed by atoms with van der Waals surface area (Å²) in [5.41, 5.74) is 1.51. The van der Waals surface area contributed by atoms with Gasteiger partial charge in [-0.1, -0.05) is 48.5 Å². The first kappa shape index (κ1) is 18.9. The van der Waals surface area contributed by atoms with Gasteiger partial charge in [-0.25, -0.2) is 0 Å². The maximum Gasteiger partial charge on any atom is 0.255 e. The van der Waals surface area contributed by atoms with Gasteiger partial charge in [0.15, 0.2) is 0 Å². The molecular weight excluding hydrogens is 366 g/mol. The van der Waals surface area contributed by atoms with Crippen LogP contribution in [0.15, 0.2) is 78.9 Å². The molecule has 1 amide bonds. The van der Waals surface area contributed by atoms with Crippen molar-refractivity contribution >= 4 is 5.91 Å². The Hall–Kier alpha value is -3.47. The molecule has 3 aromatic rings. The standard InChI is InChI=1S/C24H23NO4/c26-24(25-21-14-15-28-22-12-6-4-10-19(21)22)20-11-5-7-13-23(20)29-17-16-27-18-8-2-1-3-9-18/h1-13,21H,14-17H2,(H,25,26)/t21-/m1/s1. The largest absolute Gasteiger partial charge is 0.493 e. The maximum atomic E-state index is 12.9. The molecular formula is C24H23NO4. The van der Waals surface area contributed by atoms with E-state index in [1.54, 1.807) is 12.1 Å². The minimum absolute atomic E-state index is 0.0816. The summed E-state index contributed by atoms with van der Waals surface area (Å²) in [6.07, 6.45) is 0.733. The third-order valence-corrected chi connectivity index (χ3v) is 4.75. The minimum Gasteiger partial charge on any atom is -0.493 e. The first-order chi connectivity index (χ1) is 14.3. The van der Waals surface area contributed by atoms with E-state index in [-0.39, 0.29) is 11.9 Å². The zero-order valence-electron chi connectivity index (χ0n) is 16.0. The van der Waals surface area contributed by atoms with E-state index < -0.39 is 0 Å². The molecule has 0 fully saturated rings. The number of hydrogen-bond acceptors (Lipinski definition) is 4. The van der Waals surface area contributed by atoms with Crippen molar-refractivity contribution < 1.29 is 19.0 Å². The zero-order chi connectivity index (χ0) is 19.9. The van der Waals surface area contributed by atoms with E-state index in [0.717, 1.165) is 23.5 Å². The molecule has 1 atom stereocenters. The maximum absolute atomic E-state index is 12.9. The van der Waals surface area contributed by atoms with Crippen LogP contribution in [0.2, 0.25) is 0 Å². The molecule has 1 aliphatic heterocycles. The van der Waals surface area contributed by atoms with Gasteiger partial charge in [0.2, 0.25) is 0 Å². The summed E-state index contributed by atoms with van der Waals surface area (Å²) in [5, 5.41) is 3.12. The highest BCUT2D eigenvalue weighted by atomic mass is 16.5. The van der Waals surface area contributed by atoms with Crippen LogP contribution in [0, 0.1) is 0 Å². The Morgan fingerprint density at radius 3 is 2.52 bits per heavy atom. The number of amides is 1. The lowest BCUT2D eigenvalue weighted by Crippen LogP contribution is -2.32. The fraction of sp³-hybridized carbons (Fsp3) is 0.208. The van der Waals surface area contributed by atoms with Crippen molar-refractivity contribution in [2.24, 2.45) is 0 Å². The number of nitrogens with one attached hydrogen (secondary N) is 1. The van der Waals surface area contributed by atoms with E-state index in [1.165, 1.54) is 0 Å². The van der Waals surface area contributed by atoms with Gasteiger partial charge < -0.3 is 19.5 Å². The fourth-order valence-electron chi connectivity index (χ4n) is 3.34. The normalized spacial score (nSPS) is 15.0. The number of hydrogen-bond donors (Lipinski definition) is 1. The highest BCUT2D eigenvalue weighted by molar-refractivity contribution is 5.97. The van der Waals surface area contributed by atoms with Gasteiger partial charge in [0.05, 0.1) is 18.2 Å². The van der Waals surface area contributed by atoms with Crippen molar-refractivity contribution in [3.63, 3.8) is 0 Å². The Kier molecular flexibility index (Phi) is 5.95. The van der Waals surface area contributed by atoms with Crippen molar-refractivity contribution in [2.45, 2.75) is 12.5 Å². The van der Waals surface area contributed by atoms with Crippen molar-refractivity contribution in [3.05, 3.63) is 90.0 Å². The van der Waals surface area contributed by atoms with Crippen LogP contribution in [0.5, 0.6) is 17.2 Å². The Morgan fingerprint density at radius 1 is 0.897 bits per heavy atom. The Bertz CT molecular complexity index is 958. The van der Waals surface area contributed by atoms with Crippen LogP contribution in [0.4, 0.5) is 0 Å². The van der Waals surface area contributed by atoms with E-state index in [9.17, 15) is 4.79 Å². The van der Waals surface area contributed by atoms with Crippen LogP contribution in [-0.2, 0) is 0 Å². The van der Waals surface area contributed by atoms with Crippen molar-refractivity contribution in [1.29, 1.82) is 0 Å². The molecule has 0 radical (unpaired) electrons. The zero-order valence-corrected chi connectivity index (χ0v) is 16.0. The van der Waals surface area contributed by atoms with E-state index in [4.69, 9.17) is 14.2 Å². The molecule has 5 nitrogen and oxygen atoms in total. The monoisotopic (exact) mass is 389 g/mol. The number of ether oxygens (including phenoxy) is 3. The fourth-order valence-corrected chi connectivity index (χ4v) is 3.34. The topological polar surface area (TPSA) is 56.8 Å². The molecule has 0 spiro atoms. The van der Waals surface area contributed by atoms with Gasteiger partial charge in [0, 0.05) is 12.0 Å². The van der Waals surface area contributed by atoms with Gasteiger partial charge in [-0.05, 0) is 30.3 Å². The lowest BCUT2D eigenvalue weighted by atomic mass is 10.00. The molecule has 4 rings (SSSR count). The summed E-state index contributed by atoms with van der Waals surface area (Å²) in [7, 11) is 0. The number of para-hydroxylation sites is 3. The Morgan fingerprint density at radius 2 is 1.62 bits per heavy atom. The average Bonchev–Trinajstić information content (AvgIpc) is 2.78. The Balaban J connectivity index is 1.38. The van der Waals surface area contributed by atoms with Gasteiger partial charge >= 0.3 is 0 Å². The van der Waals surface area contributed by atoms with Gasteiger partial charge in [-0.2, -0.15) is 0 Å². The lowest BCUT2D eigenvalue weighted by molar-refractivity contribution is 0.0919. The summed E-state index contributed by atoms with van der Waals surface area (Å²) in [6, 6.07) is 24.6. The molecule has 0 aliphatic carbocycles. The van der Waals surface area contributed by atoms with E-state index in [2.05, 4.69) is 5.32 Å². The first-order valence-corrected chi connectivity index (χ1v) is 9.73. The molecule has 0 saturated heterocycles. The molecule has 1 N–H and O–H groups in total. The van der Waals surface area contributed by atoms with Crippen LogP contribution >= 0.6 is 0 Å². The second kappa shape index (κ2) is 9.15. The minimum atomic E-state index is -0.161. The summed E-state index contributed by atoms with van der Waals surface area (Å²) in [5.74, 6) is 2.00. The highest BCUT2D eigenvalue weighted by Crippen LogP contribution is 2.32. The van der Waals surface area contributed by atoms with Crippen LogP contribution in [0.25, 0.3) is 0 Å². The third kappa shape index (κ3) is 4.69. The SMILES string of the molecule is O=C(N[C@@H]1CCOc2ccccc21)c1ccccc1OCCOc1ccccc1. The van der Waals surface area contributed by atoms with Crippen molar-refractivity contribution in [3.8, 4) is 17.2 Å². The highest BCUT2D eigenvalue weighted by Gasteiger charge is 2.24. The quantitative estimate of drug-likeness (QED) is 0.609. The van der Waals surface area contributed by atoms with Crippen LogP contribution in [-0.4, -0.2) is 25.7 Å². The number of fused-ring (bicyclic) bond motifs is 1. The van der Waals surface area contributed by atoms with Gasteiger partial charge in [0.25, 0.3) is 5.91 Å². The second-order valence-electron chi connectivity index (χ2n) is 6.71. The van der Waals surface area contributed by atoms with Crippen molar-refractivity contribution in [2.75, 3.05) is 19.8 Å². The predicted molar refractivity (Wildman–Crippen MR) is 111 cm³/mol. The molecule has 0 unspecified atom stereocenters. The van der Waals surface area contributed by atoms with Crippen molar-refractivity contribution in [1.82, 2.24) is 5.32 Å². The molecule has 0 saturated carbocycles. The summed E-state index contributed by atoms with van der Waals surface area (Å²) in [6.45, 7) is 1.32. The molecule has 5 heteroatoms. The number of carbonyl (C=O) groups excluding carboxylic acids is 1. The predicted octanol–water partition coefficient (Wildman–Crippen LogP) is 4.40. The van der Waals surface area contributed by atoms with Gasteiger partial charge in [-0.15, -0.1) is 0 Å². The van der Waals surface area contributed by atoms with Gasteiger partial charge in [-0.3, -0.25) is 4.79 Å². The smallest absolute Gasteiger partial charge is 0.255 e. The molecule has 148 valence electrons. The molecule has 0 aromatic heterocycles. The van der Waals surface area contributed by atoms with E-state index in [0.29, 0.717) is 31.1 Å². The van der Waals surface area contributed by atoms with Gasteiger partial charge in [0.1, 0.15) is 30.5 Å². The first-order valence-electron chi connectivity index (χ1n) is 9.73. The van der Waals surface area contributed by atoms with Crippen LogP contribution < -0.4 is 19.5 Å². The summed E-state index contributed by atoms with van der Waals surface area (Å²) in [4.78, 5) is 12.9.